The van der Waals surface area contributed by atoms with Crippen LogP contribution in [0.5, 0.6) is 0 Å². The summed E-state index contributed by atoms with van der Waals surface area (Å²) in [7, 11) is 0. The van der Waals surface area contributed by atoms with E-state index in [1.54, 1.807) is 18.3 Å². The maximum absolute atomic E-state index is 14.6. The van der Waals surface area contributed by atoms with E-state index in [9.17, 15) is 14.0 Å². The average Bonchev–Trinajstić information content (AvgIpc) is 3.21. The molecule has 0 radical (unpaired) electrons. The number of aromatic nitrogens is 2. The number of carbonyl (C=O) groups is 2. The molecule has 2 amide bonds. The summed E-state index contributed by atoms with van der Waals surface area (Å²) in [6, 6.07) is 7.59. The predicted octanol–water partition coefficient (Wildman–Crippen LogP) is 2.53. The Balaban J connectivity index is 1.90. The van der Waals surface area contributed by atoms with Crippen LogP contribution in [-0.2, 0) is 6.54 Å². The van der Waals surface area contributed by atoms with Crippen molar-refractivity contribution in [2.75, 3.05) is 0 Å². The molecule has 1 aromatic heterocycles. The van der Waals surface area contributed by atoms with Crippen molar-refractivity contribution in [2.24, 2.45) is 5.73 Å². The van der Waals surface area contributed by atoms with Gasteiger partial charge in [-0.15, -0.1) is 0 Å². The molecular formula is C19H15FN4O2. The molecule has 130 valence electrons. The quantitative estimate of drug-likeness (QED) is 0.676. The Hall–Kier alpha value is -3.48. The molecule has 0 atom stereocenters. The molecule has 0 unspecified atom stereocenters. The van der Waals surface area contributed by atoms with Gasteiger partial charge >= 0.3 is 0 Å². The lowest BCUT2D eigenvalue weighted by Crippen LogP contribution is -2.13. The number of rotatable bonds is 3. The Labute approximate surface area is 148 Å². The molecule has 0 saturated heterocycles. The van der Waals surface area contributed by atoms with Gasteiger partial charge in [0.25, 0.3) is 5.91 Å². The fourth-order valence-electron chi connectivity index (χ4n) is 3.23. The minimum Gasteiger partial charge on any atom is -0.366 e. The number of nitrogens with two attached hydrogens (primary N) is 1. The Morgan fingerprint density at radius 2 is 1.92 bits per heavy atom. The maximum Gasteiger partial charge on any atom is 0.252 e. The summed E-state index contributed by atoms with van der Waals surface area (Å²) in [5.74, 6) is -0.891. The predicted molar refractivity (Wildman–Crippen MR) is 93.8 cm³/mol. The van der Waals surface area contributed by atoms with Crippen LogP contribution in [0.4, 0.5) is 4.39 Å². The molecular weight excluding hydrogens is 335 g/mol. The number of nitrogens with zero attached hydrogens (tertiary/aromatic N) is 1. The number of H-pyrrole nitrogens is 1. The SMILES string of the molecule is Cc1cnc(-c2ccc(-c3ccc(C(N)=O)cc3F)c3c2C(=O)NC3)[nH]1. The van der Waals surface area contributed by atoms with Crippen LogP contribution in [0.25, 0.3) is 22.5 Å². The minimum atomic E-state index is -0.693. The number of carbonyl (C=O) groups excluding carboxylic acids is 2. The number of aryl methyl sites for hydroxylation is 1. The van der Waals surface area contributed by atoms with Gasteiger partial charge in [-0.1, -0.05) is 12.1 Å². The molecule has 0 saturated carbocycles. The summed E-state index contributed by atoms with van der Waals surface area (Å²) in [6.07, 6.45) is 1.69. The van der Waals surface area contributed by atoms with E-state index in [4.69, 9.17) is 5.73 Å². The smallest absolute Gasteiger partial charge is 0.252 e. The van der Waals surface area contributed by atoms with E-state index in [-0.39, 0.29) is 11.5 Å². The monoisotopic (exact) mass is 350 g/mol. The normalized spacial score (nSPS) is 12.8. The summed E-state index contributed by atoms with van der Waals surface area (Å²) >= 11 is 0. The fraction of sp³-hybridized carbons (Fsp3) is 0.105. The van der Waals surface area contributed by atoms with Gasteiger partial charge in [-0.3, -0.25) is 9.59 Å². The van der Waals surface area contributed by atoms with Gasteiger partial charge in [-0.2, -0.15) is 0 Å². The second-order valence-electron chi connectivity index (χ2n) is 6.17. The summed E-state index contributed by atoms with van der Waals surface area (Å²) in [6.45, 7) is 2.18. The van der Waals surface area contributed by atoms with E-state index in [0.29, 0.717) is 40.2 Å². The lowest BCUT2D eigenvalue weighted by atomic mass is 9.92. The van der Waals surface area contributed by atoms with Crippen molar-refractivity contribution >= 4 is 11.8 Å². The van der Waals surface area contributed by atoms with E-state index in [1.165, 1.54) is 12.1 Å². The molecule has 2 heterocycles. The molecule has 0 fully saturated rings. The molecule has 7 heteroatoms. The number of fused-ring (bicyclic) bond motifs is 1. The van der Waals surface area contributed by atoms with Gasteiger partial charge in [-0.05, 0) is 36.2 Å². The Kier molecular flexibility index (Phi) is 3.57. The van der Waals surface area contributed by atoms with E-state index in [2.05, 4.69) is 15.3 Å². The van der Waals surface area contributed by atoms with Crippen LogP contribution in [0.3, 0.4) is 0 Å². The van der Waals surface area contributed by atoms with Crippen LogP contribution in [-0.4, -0.2) is 21.8 Å². The molecule has 2 aromatic carbocycles. The van der Waals surface area contributed by atoms with Crippen LogP contribution < -0.4 is 11.1 Å². The largest absolute Gasteiger partial charge is 0.366 e. The highest BCUT2D eigenvalue weighted by Crippen LogP contribution is 2.36. The molecule has 0 aliphatic carbocycles. The molecule has 6 nitrogen and oxygen atoms in total. The third-order valence-corrected chi connectivity index (χ3v) is 4.47. The number of aromatic amines is 1. The van der Waals surface area contributed by atoms with Crippen LogP contribution in [0.2, 0.25) is 0 Å². The topological polar surface area (TPSA) is 101 Å². The van der Waals surface area contributed by atoms with Crippen LogP contribution in [0.1, 0.15) is 32.0 Å². The van der Waals surface area contributed by atoms with Gasteiger partial charge in [0, 0.05) is 35.1 Å². The number of primary amides is 1. The van der Waals surface area contributed by atoms with E-state index < -0.39 is 11.7 Å². The van der Waals surface area contributed by atoms with Crippen molar-refractivity contribution in [3.8, 4) is 22.5 Å². The van der Waals surface area contributed by atoms with Gasteiger partial charge in [0.05, 0.1) is 5.56 Å². The van der Waals surface area contributed by atoms with Crippen LogP contribution in [0.15, 0.2) is 36.5 Å². The fourth-order valence-corrected chi connectivity index (χ4v) is 3.23. The molecule has 1 aliphatic heterocycles. The molecule has 0 bridgehead atoms. The number of halogens is 1. The third kappa shape index (κ3) is 2.45. The number of nitrogens with one attached hydrogen (secondary N) is 2. The van der Waals surface area contributed by atoms with Gasteiger partial charge in [-0.25, -0.2) is 9.37 Å². The standard InChI is InChI=1S/C19H15FN4O2/c1-9-7-22-18(24-9)13-5-4-11(14-8-23-19(26)16(13)14)12-3-2-10(17(21)25)6-15(12)20/h2-7H,8H2,1H3,(H2,21,25)(H,22,24)(H,23,26). The number of hydrogen-bond acceptors (Lipinski definition) is 3. The summed E-state index contributed by atoms with van der Waals surface area (Å²) in [5, 5.41) is 2.78. The number of hydrogen-bond donors (Lipinski definition) is 3. The molecule has 26 heavy (non-hydrogen) atoms. The van der Waals surface area contributed by atoms with Gasteiger partial charge < -0.3 is 16.0 Å². The highest BCUT2D eigenvalue weighted by Gasteiger charge is 2.28. The minimum absolute atomic E-state index is 0.0970. The number of benzene rings is 2. The van der Waals surface area contributed by atoms with Crippen LogP contribution in [0, 0.1) is 12.7 Å². The first-order valence-electron chi connectivity index (χ1n) is 8.01. The van der Waals surface area contributed by atoms with Crippen LogP contribution >= 0.6 is 0 Å². The number of amides is 2. The molecule has 4 rings (SSSR count). The molecule has 0 spiro atoms. The third-order valence-electron chi connectivity index (χ3n) is 4.47. The van der Waals surface area contributed by atoms with Crippen molar-refractivity contribution in [1.29, 1.82) is 0 Å². The van der Waals surface area contributed by atoms with Crippen molar-refractivity contribution in [1.82, 2.24) is 15.3 Å². The van der Waals surface area contributed by atoms with Crippen molar-refractivity contribution in [3.63, 3.8) is 0 Å². The zero-order chi connectivity index (χ0) is 18.4. The summed E-state index contributed by atoms with van der Waals surface area (Å²) < 4.78 is 14.6. The highest BCUT2D eigenvalue weighted by atomic mass is 19.1. The van der Waals surface area contributed by atoms with E-state index in [0.717, 1.165) is 11.8 Å². The van der Waals surface area contributed by atoms with Crippen molar-refractivity contribution in [3.05, 3.63) is 64.7 Å². The zero-order valence-electron chi connectivity index (χ0n) is 13.9. The second-order valence-corrected chi connectivity index (χ2v) is 6.17. The van der Waals surface area contributed by atoms with Gasteiger partial charge in [0.2, 0.25) is 5.91 Å². The molecule has 3 aromatic rings. The first-order chi connectivity index (χ1) is 12.5. The lowest BCUT2D eigenvalue weighted by molar-refractivity contribution is 0.0964. The molecule has 1 aliphatic rings. The van der Waals surface area contributed by atoms with Crippen molar-refractivity contribution in [2.45, 2.75) is 13.5 Å². The first-order valence-corrected chi connectivity index (χ1v) is 8.01. The lowest BCUT2D eigenvalue weighted by Gasteiger charge is -2.12. The Morgan fingerprint density at radius 3 is 2.58 bits per heavy atom. The van der Waals surface area contributed by atoms with E-state index in [1.807, 2.05) is 6.92 Å². The summed E-state index contributed by atoms with van der Waals surface area (Å²) in [4.78, 5) is 31.0. The highest BCUT2D eigenvalue weighted by molar-refractivity contribution is 6.06. The van der Waals surface area contributed by atoms with E-state index >= 15 is 0 Å². The molecule has 4 N–H and O–H groups in total. The van der Waals surface area contributed by atoms with Gasteiger partial charge in [0.1, 0.15) is 11.6 Å². The Bertz CT molecular complexity index is 1070. The van der Waals surface area contributed by atoms with Crippen molar-refractivity contribution < 1.29 is 14.0 Å². The van der Waals surface area contributed by atoms with Gasteiger partial charge in [0.15, 0.2) is 0 Å². The second kappa shape index (κ2) is 5.80. The maximum atomic E-state index is 14.6. The Morgan fingerprint density at radius 1 is 1.19 bits per heavy atom. The first kappa shape index (κ1) is 16.0. The summed E-state index contributed by atoms with van der Waals surface area (Å²) in [5.41, 5.74) is 8.93. The zero-order valence-corrected chi connectivity index (χ0v) is 13.9. The number of imidazole rings is 1. The average molecular weight is 350 g/mol.